The highest BCUT2D eigenvalue weighted by Crippen LogP contribution is 2.59. The molecule has 2 bridgehead atoms. The fourth-order valence-corrected chi connectivity index (χ4v) is 6.14. The number of rotatable bonds is 3. The van der Waals surface area contributed by atoms with Crippen molar-refractivity contribution in [3.63, 3.8) is 0 Å². The third-order valence-corrected chi connectivity index (χ3v) is 8.21. The summed E-state index contributed by atoms with van der Waals surface area (Å²) in [5.74, 6) is -1.63. The average molecular weight is 455 g/mol. The van der Waals surface area contributed by atoms with Crippen LogP contribution in [0.1, 0.15) is 69.5 Å². The molecule has 33 heavy (non-hydrogen) atoms. The largest absolute Gasteiger partial charge is 0.335 e. The number of carbonyl (C=O) groups excluding carboxylic acids is 1. The lowest BCUT2D eigenvalue weighted by molar-refractivity contribution is -0.134. The van der Waals surface area contributed by atoms with Gasteiger partial charge in [-0.1, -0.05) is 13.8 Å². The van der Waals surface area contributed by atoms with Crippen molar-refractivity contribution < 1.29 is 13.6 Å². The molecule has 2 saturated carbocycles. The Morgan fingerprint density at radius 2 is 1.91 bits per heavy atom. The van der Waals surface area contributed by atoms with Gasteiger partial charge >= 0.3 is 0 Å². The highest BCUT2D eigenvalue weighted by molar-refractivity contribution is 5.98. The maximum Gasteiger partial charge on any atom is 0.248 e. The molecule has 0 aromatic carbocycles. The van der Waals surface area contributed by atoms with E-state index in [0.29, 0.717) is 34.0 Å². The lowest BCUT2D eigenvalue weighted by atomic mass is 9.54. The Morgan fingerprint density at radius 1 is 1.18 bits per heavy atom. The number of carbonyl (C=O) groups is 1. The second-order valence-electron chi connectivity index (χ2n) is 11.0. The summed E-state index contributed by atoms with van der Waals surface area (Å²) in [7, 11) is 1.68. The molecular weight excluding hydrogens is 426 g/mol. The Morgan fingerprint density at radius 3 is 2.64 bits per heavy atom. The van der Waals surface area contributed by atoms with Gasteiger partial charge < -0.3 is 9.88 Å². The van der Waals surface area contributed by atoms with Gasteiger partial charge in [0.1, 0.15) is 5.69 Å². The number of imidazole rings is 1. The van der Waals surface area contributed by atoms with Gasteiger partial charge in [0.15, 0.2) is 11.5 Å². The second kappa shape index (κ2) is 6.61. The van der Waals surface area contributed by atoms with Crippen LogP contribution in [0.2, 0.25) is 0 Å². The first-order valence-electron chi connectivity index (χ1n) is 11.7. The molecule has 2 fully saturated rings. The average Bonchev–Trinajstić information content (AvgIpc) is 3.37. The van der Waals surface area contributed by atoms with E-state index in [-0.39, 0.29) is 31.6 Å². The van der Waals surface area contributed by atoms with Crippen molar-refractivity contribution in [1.29, 1.82) is 0 Å². The van der Waals surface area contributed by atoms with Crippen molar-refractivity contribution >= 4 is 22.8 Å². The van der Waals surface area contributed by atoms with Crippen LogP contribution >= 0.6 is 0 Å². The highest BCUT2D eigenvalue weighted by atomic mass is 19.3. The van der Waals surface area contributed by atoms with Crippen molar-refractivity contribution in [1.82, 2.24) is 25.1 Å². The number of H-pyrrole nitrogens is 2. The normalized spacial score (nSPS) is 27.1. The number of amides is 1. The van der Waals surface area contributed by atoms with Crippen molar-refractivity contribution in [2.24, 2.45) is 10.8 Å². The summed E-state index contributed by atoms with van der Waals surface area (Å²) in [6, 6.07) is 1.84. The van der Waals surface area contributed by atoms with E-state index in [1.807, 2.05) is 6.07 Å². The summed E-state index contributed by atoms with van der Waals surface area (Å²) in [6.07, 6.45) is 4.86. The maximum absolute atomic E-state index is 13.6. The van der Waals surface area contributed by atoms with Crippen molar-refractivity contribution in [3.8, 4) is 11.5 Å². The van der Waals surface area contributed by atoms with Crippen LogP contribution in [0.3, 0.4) is 0 Å². The van der Waals surface area contributed by atoms with Crippen molar-refractivity contribution in [2.45, 2.75) is 70.6 Å². The van der Waals surface area contributed by atoms with E-state index >= 15 is 0 Å². The van der Waals surface area contributed by atoms with Gasteiger partial charge in [-0.2, -0.15) is 5.10 Å². The summed E-state index contributed by atoms with van der Waals surface area (Å²) in [5.41, 5.74) is 4.83. The Labute approximate surface area is 190 Å². The predicted molar refractivity (Wildman–Crippen MR) is 120 cm³/mol. The summed E-state index contributed by atoms with van der Waals surface area (Å²) >= 11 is 0. The topological polar surface area (TPSA) is 90.6 Å². The molecule has 0 unspecified atom stereocenters. The molecule has 3 aromatic heterocycles. The van der Waals surface area contributed by atoms with E-state index in [4.69, 9.17) is 0 Å². The summed E-state index contributed by atoms with van der Waals surface area (Å²) in [4.78, 5) is 27.2. The van der Waals surface area contributed by atoms with Crippen LogP contribution in [0, 0.1) is 10.8 Å². The van der Waals surface area contributed by atoms with Gasteiger partial charge in [0, 0.05) is 36.6 Å². The van der Waals surface area contributed by atoms with Crippen LogP contribution in [0.15, 0.2) is 12.3 Å². The number of anilines is 1. The van der Waals surface area contributed by atoms with Crippen LogP contribution in [0.5, 0.6) is 0 Å². The highest BCUT2D eigenvalue weighted by Gasteiger charge is 2.49. The van der Waals surface area contributed by atoms with Gasteiger partial charge in [-0.3, -0.25) is 9.89 Å². The van der Waals surface area contributed by atoms with E-state index in [1.54, 1.807) is 20.2 Å². The first kappa shape index (κ1) is 20.7. The number of halogens is 2. The molecule has 0 aliphatic heterocycles. The minimum absolute atomic E-state index is 0.159. The zero-order valence-corrected chi connectivity index (χ0v) is 19.1. The van der Waals surface area contributed by atoms with Crippen LogP contribution in [-0.4, -0.2) is 44.0 Å². The number of alkyl halides is 2. The quantitative estimate of drug-likeness (QED) is 0.585. The number of pyridine rings is 1. The van der Waals surface area contributed by atoms with Gasteiger partial charge in [-0.15, -0.1) is 0 Å². The van der Waals surface area contributed by atoms with Gasteiger partial charge in [-0.25, -0.2) is 18.7 Å². The number of aromatic nitrogens is 5. The van der Waals surface area contributed by atoms with Crippen LogP contribution < -0.4 is 4.90 Å². The van der Waals surface area contributed by atoms with Crippen molar-refractivity contribution in [3.05, 3.63) is 23.5 Å². The second-order valence-corrected chi connectivity index (χ2v) is 11.0. The Kier molecular flexibility index (Phi) is 4.15. The van der Waals surface area contributed by atoms with E-state index < -0.39 is 11.3 Å². The molecule has 4 aliphatic carbocycles. The smallest absolute Gasteiger partial charge is 0.248 e. The molecule has 174 valence electrons. The standard InChI is InChI=1S/C24H28F2N6O/c1-22-9-13(10-22)17-16(11-22)30-31-18(17)20-28-15-8-14(12-27-19(15)29-20)32(3)21(33)23(2)4-6-24(25,26)7-5-23/h8,12-13H,4-7,9-11H2,1-3H3,(H,30,31)(H,27,28,29). The molecule has 3 aromatic rings. The third-order valence-electron chi connectivity index (χ3n) is 8.21. The minimum Gasteiger partial charge on any atom is -0.335 e. The van der Waals surface area contributed by atoms with Gasteiger partial charge in [0.25, 0.3) is 0 Å². The molecule has 0 atom stereocenters. The SMILES string of the molecule is CN(C(=O)C1(C)CCC(F)(F)CC1)c1cnc2nc(-c3n[nH]c4c3C3CC(C)(C4)C3)[nH]c2c1. The lowest BCUT2D eigenvalue weighted by Crippen LogP contribution is -2.44. The number of nitrogens with zero attached hydrogens (tertiary/aromatic N) is 4. The number of hydrogen-bond acceptors (Lipinski definition) is 4. The molecule has 7 nitrogen and oxygen atoms in total. The number of nitrogens with one attached hydrogen (secondary N) is 2. The molecule has 0 saturated heterocycles. The van der Waals surface area contributed by atoms with Crippen LogP contribution in [0.25, 0.3) is 22.7 Å². The van der Waals surface area contributed by atoms with E-state index in [2.05, 4.69) is 32.1 Å². The molecule has 0 spiro atoms. The molecule has 7 rings (SSSR count). The zero-order chi connectivity index (χ0) is 23.2. The molecule has 9 heteroatoms. The molecule has 0 radical (unpaired) electrons. The summed E-state index contributed by atoms with van der Waals surface area (Å²) in [6.45, 7) is 4.12. The monoisotopic (exact) mass is 454 g/mol. The Bertz CT molecular complexity index is 1260. The maximum atomic E-state index is 13.6. The number of aromatic amines is 2. The first-order chi connectivity index (χ1) is 15.6. The third kappa shape index (κ3) is 3.19. The van der Waals surface area contributed by atoms with Gasteiger partial charge in [0.05, 0.1) is 17.4 Å². The van der Waals surface area contributed by atoms with E-state index in [1.165, 1.54) is 29.0 Å². The molecule has 1 amide bonds. The molecular formula is C24H28F2N6O. The molecule has 2 N–H and O–H groups in total. The Hall–Kier alpha value is -2.84. The Balaban J connectivity index is 1.28. The van der Waals surface area contributed by atoms with Crippen molar-refractivity contribution in [2.75, 3.05) is 11.9 Å². The molecule has 4 aliphatic rings. The van der Waals surface area contributed by atoms with E-state index in [0.717, 1.165) is 12.1 Å². The van der Waals surface area contributed by atoms with Gasteiger partial charge in [-0.05, 0) is 49.5 Å². The van der Waals surface area contributed by atoms with Gasteiger partial charge in [0.2, 0.25) is 11.8 Å². The fourth-order valence-electron chi connectivity index (χ4n) is 6.14. The van der Waals surface area contributed by atoms with Crippen LogP contribution in [-0.2, 0) is 11.2 Å². The fraction of sp³-hybridized carbons (Fsp3) is 0.583. The van der Waals surface area contributed by atoms with Crippen LogP contribution in [0.4, 0.5) is 14.5 Å². The summed E-state index contributed by atoms with van der Waals surface area (Å²) in [5, 5.41) is 7.78. The van der Waals surface area contributed by atoms with E-state index in [9.17, 15) is 13.6 Å². The number of fused-ring (bicyclic) bond motifs is 1. The zero-order valence-electron chi connectivity index (χ0n) is 19.1. The lowest BCUT2D eigenvalue weighted by Gasteiger charge is -2.50. The molecule has 3 heterocycles. The first-order valence-corrected chi connectivity index (χ1v) is 11.7. The predicted octanol–water partition coefficient (Wildman–Crippen LogP) is 4.97. The minimum atomic E-state index is -2.67. The summed E-state index contributed by atoms with van der Waals surface area (Å²) < 4.78 is 27.3. The number of hydrogen-bond donors (Lipinski definition) is 2.